The fraction of sp³-hybridized carbons (Fsp3) is 0.562. The van der Waals surface area contributed by atoms with E-state index in [1.165, 1.54) is 5.56 Å². The quantitative estimate of drug-likeness (QED) is 0.866. The fourth-order valence-electron chi connectivity index (χ4n) is 2.66. The SMILES string of the molecule is CC(C)(C)N1CCN(Cc2cccc(C(N)=S)c2)CC1. The molecule has 0 amide bonds. The molecule has 0 aliphatic carbocycles. The number of piperazine rings is 1. The number of hydrogen-bond donors (Lipinski definition) is 1. The second kappa shape index (κ2) is 6.20. The minimum atomic E-state index is 0.276. The highest BCUT2D eigenvalue weighted by molar-refractivity contribution is 7.80. The number of benzene rings is 1. The first kappa shape index (κ1) is 15.4. The molecule has 20 heavy (non-hydrogen) atoms. The zero-order valence-corrected chi connectivity index (χ0v) is 13.5. The summed E-state index contributed by atoms with van der Waals surface area (Å²) in [5.41, 5.74) is 8.22. The summed E-state index contributed by atoms with van der Waals surface area (Å²) in [5.74, 6) is 0. The van der Waals surface area contributed by atoms with E-state index in [2.05, 4.69) is 42.7 Å². The summed E-state index contributed by atoms with van der Waals surface area (Å²) in [5, 5.41) is 0. The van der Waals surface area contributed by atoms with Gasteiger partial charge in [-0.25, -0.2) is 0 Å². The Morgan fingerprint density at radius 1 is 1.20 bits per heavy atom. The summed E-state index contributed by atoms with van der Waals surface area (Å²) in [6, 6.07) is 8.27. The van der Waals surface area contributed by atoms with Crippen LogP contribution in [0.1, 0.15) is 31.9 Å². The Hall–Kier alpha value is -0.970. The van der Waals surface area contributed by atoms with E-state index in [0.717, 1.165) is 38.3 Å². The number of thiocarbonyl (C=S) groups is 1. The summed E-state index contributed by atoms with van der Waals surface area (Å²) in [6.45, 7) is 12.4. The molecule has 0 atom stereocenters. The van der Waals surface area contributed by atoms with Crippen LogP contribution in [0.15, 0.2) is 24.3 Å². The normalized spacial score (nSPS) is 18.1. The minimum Gasteiger partial charge on any atom is -0.389 e. The van der Waals surface area contributed by atoms with E-state index >= 15 is 0 Å². The zero-order valence-electron chi connectivity index (χ0n) is 12.7. The number of nitrogens with zero attached hydrogens (tertiary/aromatic N) is 2. The molecule has 110 valence electrons. The van der Waals surface area contributed by atoms with Crippen LogP contribution in [0.3, 0.4) is 0 Å². The lowest BCUT2D eigenvalue weighted by atomic mass is 10.0. The van der Waals surface area contributed by atoms with Crippen molar-refractivity contribution in [2.75, 3.05) is 26.2 Å². The number of hydrogen-bond acceptors (Lipinski definition) is 3. The molecule has 2 N–H and O–H groups in total. The standard InChI is InChI=1S/C16H25N3S/c1-16(2,3)19-9-7-18(8-10-19)12-13-5-4-6-14(11-13)15(17)20/h4-6,11H,7-10,12H2,1-3H3,(H2,17,20). The Morgan fingerprint density at radius 3 is 2.40 bits per heavy atom. The average Bonchev–Trinajstić information content (AvgIpc) is 2.38. The van der Waals surface area contributed by atoms with Crippen LogP contribution in [0.25, 0.3) is 0 Å². The fourth-order valence-corrected chi connectivity index (χ4v) is 2.78. The number of nitrogens with two attached hydrogens (primary N) is 1. The monoisotopic (exact) mass is 291 g/mol. The van der Waals surface area contributed by atoms with Crippen LogP contribution >= 0.6 is 12.2 Å². The minimum absolute atomic E-state index is 0.276. The Kier molecular flexibility index (Phi) is 4.78. The Labute approximate surface area is 127 Å². The summed E-state index contributed by atoms with van der Waals surface area (Å²) < 4.78 is 0. The van der Waals surface area contributed by atoms with Crippen molar-refractivity contribution in [3.8, 4) is 0 Å². The van der Waals surface area contributed by atoms with Gasteiger partial charge >= 0.3 is 0 Å². The lowest BCUT2D eigenvalue weighted by molar-refractivity contribution is 0.0591. The largest absolute Gasteiger partial charge is 0.389 e. The van der Waals surface area contributed by atoms with E-state index in [1.54, 1.807) is 0 Å². The van der Waals surface area contributed by atoms with Gasteiger partial charge in [-0.05, 0) is 32.4 Å². The van der Waals surface area contributed by atoms with Gasteiger partial charge < -0.3 is 5.73 Å². The molecule has 1 heterocycles. The second-order valence-electron chi connectivity index (χ2n) is 6.50. The Bertz CT molecular complexity index is 471. The predicted octanol–water partition coefficient (Wildman–Crippen LogP) is 2.24. The second-order valence-corrected chi connectivity index (χ2v) is 6.94. The molecule has 1 aromatic rings. The van der Waals surface area contributed by atoms with Crippen LogP contribution in [-0.4, -0.2) is 46.5 Å². The van der Waals surface area contributed by atoms with Crippen molar-refractivity contribution in [1.82, 2.24) is 9.80 Å². The van der Waals surface area contributed by atoms with Crippen LogP contribution < -0.4 is 5.73 Å². The van der Waals surface area contributed by atoms with Crippen LogP contribution in [0.5, 0.6) is 0 Å². The Morgan fingerprint density at radius 2 is 1.85 bits per heavy atom. The van der Waals surface area contributed by atoms with Gasteiger partial charge in [0.05, 0.1) is 0 Å². The molecule has 4 heteroatoms. The van der Waals surface area contributed by atoms with E-state index in [4.69, 9.17) is 18.0 Å². The van der Waals surface area contributed by atoms with Gasteiger partial charge in [-0.1, -0.05) is 30.4 Å². The van der Waals surface area contributed by atoms with E-state index in [0.29, 0.717) is 4.99 Å². The van der Waals surface area contributed by atoms with Crippen molar-refractivity contribution in [3.05, 3.63) is 35.4 Å². The highest BCUT2D eigenvalue weighted by Gasteiger charge is 2.25. The molecule has 0 radical (unpaired) electrons. The maximum absolute atomic E-state index is 5.69. The van der Waals surface area contributed by atoms with Gasteiger partial charge in [-0.3, -0.25) is 9.80 Å². The van der Waals surface area contributed by atoms with Gasteiger partial charge in [0.25, 0.3) is 0 Å². The van der Waals surface area contributed by atoms with Gasteiger partial charge in [0.2, 0.25) is 0 Å². The molecular formula is C16H25N3S. The van der Waals surface area contributed by atoms with Crippen molar-refractivity contribution in [1.29, 1.82) is 0 Å². The Balaban J connectivity index is 1.93. The van der Waals surface area contributed by atoms with E-state index < -0.39 is 0 Å². The lowest BCUT2D eigenvalue weighted by Crippen LogP contribution is -2.53. The lowest BCUT2D eigenvalue weighted by Gasteiger charge is -2.42. The molecule has 0 unspecified atom stereocenters. The van der Waals surface area contributed by atoms with Gasteiger partial charge in [0.15, 0.2) is 0 Å². The topological polar surface area (TPSA) is 32.5 Å². The average molecular weight is 291 g/mol. The van der Waals surface area contributed by atoms with Crippen molar-refractivity contribution < 1.29 is 0 Å². The third kappa shape index (κ3) is 4.01. The molecule has 1 fully saturated rings. The molecule has 3 nitrogen and oxygen atoms in total. The number of rotatable bonds is 3. The van der Waals surface area contributed by atoms with Gasteiger partial charge in [-0.2, -0.15) is 0 Å². The molecular weight excluding hydrogens is 266 g/mol. The first-order valence-electron chi connectivity index (χ1n) is 7.22. The molecule has 2 rings (SSSR count). The molecule has 0 aromatic heterocycles. The van der Waals surface area contributed by atoms with Crippen LogP contribution in [0.2, 0.25) is 0 Å². The van der Waals surface area contributed by atoms with E-state index in [1.807, 2.05) is 12.1 Å². The van der Waals surface area contributed by atoms with Gasteiger partial charge in [0, 0.05) is 43.8 Å². The summed E-state index contributed by atoms with van der Waals surface area (Å²) in [6.07, 6.45) is 0. The van der Waals surface area contributed by atoms with E-state index in [9.17, 15) is 0 Å². The van der Waals surface area contributed by atoms with Crippen molar-refractivity contribution in [3.63, 3.8) is 0 Å². The smallest absolute Gasteiger partial charge is 0.103 e. The van der Waals surface area contributed by atoms with Crippen LogP contribution in [-0.2, 0) is 6.54 Å². The molecule has 1 aliphatic heterocycles. The molecule has 0 spiro atoms. The first-order chi connectivity index (χ1) is 9.36. The van der Waals surface area contributed by atoms with Crippen molar-refractivity contribution in [2.45, 2.75) is 32.9 Å². The van der Waals surface area contributed by atoms with E-state index in [-0.39, 0.29) is 5.54 Å². The maximum atomic E-state index is 5.69. The predicted molar refractivity (Wildman–Crippen MR) is 88.9 cm³/mol. The van der Waals surface area contributed by atoms with Crippen molar-refractivity contribution in [2.24, 2.45) is 5.73 Å². The first-order valence-corrected chi connectivity index (χ1v) is 7.63. The van der Waals surface area contributed by atoms with Crippen LogP contribution in [0, 0.1) is 0 Å². The highest BCUT2D eigenvalue weighted by atomic mass is 32.1. The summed E-state index contributed by atoms with van der Waals surface area (Å²) in [7, 11) is 0. The molecule has 0 bridgehead atoms. The summed E-state index contributed by atoms with van der Waals surface area (Å²) >= 11 is 5.04. The maximum Gasteiger partial charge on any atom is 0.103 e. The van der Waals surface area contributed by atoms with Gasteiger partial charge in [0.1, 0.15) is 4.99 Å². The third-order valence-corrected chi connectivity index (χ3v) is 4.17. The molecule has 0 saturated carbocycles. The summed E-state index contributed by atoms with van der Waals surface area (Å²) in [4.78, 5) is 5.53. The van der Waals surface area contributed by atoms with Gasteiger partial charge in [-0.15, -0.1) is 0 Å². The third-order valence-electron chi connectivity index (χ3n) is 3.94. The molecule has 1 aromatic carbocycles. The van der Waals surface area contributed by atoms with Crippen LogP contribution in [0.4, 0.5) is 0 Å². The molecule has 1 aliphatic rings. The highest BCUT2D eigenvalue weighted by Crippen LogP contribution is 2.17. The van der Waals surface area contributed by atoms with Crippen molar-refractivity contribution >= 4 is 17.2 Å². The zero-order chi connectivity index (χ0) is 14.8. The molecule has 1 saturated heterocycles.